The molecule has 1 heterocycles. The van der Waals surface area contributed by atoms with E-state index in [4.69, 9.17) is 0 Å². The maximum atomic E-state index is 13.7. The number of nitrogens with one attached hydrogen (secondary N) is 1. The van der Waals surface area contributed by atoms with Gasteiger partial charge in [0.05, 0.1) is 22.6 Å². The van der Waals surface area contributed by atoms with E-state index in [1.165, 1.54) is 11.3 Å². The molecule has 2 rings (SSSR count). The molecule has 0 aliphatic carbocycles. The van der Waals surface area contributed by atoms with Gasteiger partial charge in [-0.15, -0.1) is 11.3 Å². The van der Waals surface area contributed by atoms with Crippen LogP contribution < -0.4 is 5.32 Å². The van der Waals surface area contributed by atoms with Crippen molar-refractivity contribution in [1.82, 2.24) is 10.3 Å². The van der Waals surface area contributed by atoms with Crippen LogP contribution in [0.25, 0.3) is 0 Å². The predicted molar refractivity (Wildman–Crippen MR) is 71.0 cm³/mol. The molecule has 1 atom stereocenters. The number of hydrogen-bond acceptors (Lipinski definition) is 5. The molecule has 0 radical (unpaired) electrons. The number of benzene rings is 1. The number of halogens is 2. The number of thiazole rings is 1. The van der Waals surface area contributed by atoms with E-state index in [-0.39, 0.29) is 0 Å². The molecule has 110 valence electrons. The zero-order valence-corrected chi connectivity index (χ0v) is 11.5. The lowest BCUT2D eigenvalue weighted by molar-refractivity contribution is -0.387. The van der Waals surface area contributed by atoms with Gasteiger partial charge in [0, 0.05) is 11.6 Å². The minimum absolute atomic E-state index is 0.387. The van der Waals surface area contributed by atoms with Crippen LogP contribution in [0.5, 0.6) is 0 Å². The lowest BCUT2D eigenvalue weighted by atomic mass is 10.1. The van der Waals surface area contributed by atoms with E-state index in [0.29, 0.717) is 17.1 Å². The van der Waals surface area contributed by atoms with Crippen LogP contribution in [0.15, 0.2) is 23.7 Å². The molecule has 0 saturated carbocycles. The van der Waals surface area contributed by atoms with Crippen molar-refractivity contribution in [2.75, 3.05) is 0 Å². The van der Waals surface area contributed by atoms with Gasteiger partial charge in [-0.2, -0.15) is 4.39 Å². The van der Waals surface area contributed by atoms with Crippen molar-refractivity contribution in [2.45, 2.75) is 13.0 Å². The number of nitro benzene ring substituents is 1. The monoisotopic (exact) mass is 313 g/mol. The first kappa shape index (κ1) is 15.0. The van der Waals surface area contributed by atoms with Crippen LogP contribution in [-0.2, 0) is 0 Å². The van der Waals surface area contributed by atoms with Crippen molar-refractivity contribution in [3.63, 3.8) is 0 Å². The van der Waals surface area contributed by atoms with Gasteiger partial charge in [0.2, 0.25) is 5.82 Å². The molecule has 0 aliphatic rings. The topological polar surface area (TPSA) is 85.1 Å². The number of carbonyl (C=O) groups is 1. The van der Waals surface area contributed by atoms with Crippen LogP contribution in [0.1, 0.15) is 28.3 Å². The Labute approximate surface area is 121 Å². The van der Waals surface area contributed by atoms with Gasteiger partial charge in [-0.3, -0.25) is 14.9 Å². The van der Waals surface area contributed by atoms with Crippen molar-refractivity contribution in [3.8, 4) is 0 Å². The Balaban J connectivity index is 2.24. The standard InChI is InChI=1S/C12H9F2N3O3S/c1-6(12-15-2-3-21-12)16-11(18)7-4-9(14)10(17(19)20)5-8(7)13/h2-6H,1H3,(H,16,18). The summed E-state index contributed by atoms with van der Waals surface area (Å²) in [5.74, 6) is -3.30. The number of nitro groups is 1. The average Bonchev–Trinajstić information content (AvgIpc) is 2.94. The minimum atomic E-state index is -1.27. The molecular formula is C12H9F2N3O3S. The van der Waals surface area contributed by atoms with Gasteiger partial charge < -0.3 is 5.32 Å². The molecule has 1 aromatic carbocycles. The highest BCUT2D eigenvalue weighted by Gasteiger charge is 2.23. The number of nitrogens with zero attached hydrogens (tertiary/aromatic N) is 2. The predicted octanol–water partition coefficient (Wildman–Crippen LogP) is 2.82. The highest BCUT2D eigenvalue weighted by Crippen LogP contribution is 2.22. The molecule has 1 amide bonds. The summed E-state index contributed by atoms with van der Waals surface area (Å²) in [7, 11) is 0. The van der Waals surface area contributed by atoms with Gasteiger partial charge in [0.25, 0.3) is 5.91 Å². The van der Waals surface area contributed by atoms with Gasteiger partial charge in [0.1, 0.15) is 10.8 Å². The Morgan fingerprint density at radius 1 is 1.43 bits per heavy atom. The van der Waals surface area contributed by atoms with E-state index in [9.17, 15) is 23.7 Å². The first-order valence-electron chi connectivity index (χ1n) is 5.74. The lowest BCUT2D eigenvalue weighted by Gasteiger charge is -2.11. The van der Waals surface area contributed by atoms with E-state index in [1.807, 2.05) is 0 Å². The molecule has 1 unspecified atom stereocenters. The van der Waals surface area contributed by atoms with Crippen LogP contribution in [0.2, 0.25) is 0 Å². The van der Waals surface area contributed by atoms with E-state index in [2.05, 4.69) is 10.3 Å². The summed E-state index contributed by atoms with van der Waals surface area (Å²) in [5.41, 5.74) is -1.61. The maximum Gasteiger partial charge on any atom is 0.307 e. The zero-order valence-electron chi connectivity index (χ0n) is 10.7. The molecule has 0 spiro atoms. The average molecular weight is 313 g/mol. The van der Waals surface area contributed by atoms with E-state index in [1.54, 1.807) is 18.5 Å². The van der Waals surface area contributed by atoms with Crippen molar-refractivity contribution in [2.24, 2.45) is 0 Å². The Morgan fingerprint density at radius 3 is 2.71 bits per heavy atom. The molecule has 0 bridgehead atoms. The summed E-state index contributed by atoms with van der Waals surface area (Å²) in [6, 6.07) is 0.408. The number of rotatable bonds is 4. The van der Waals surface area contributed by atoms with Crippen molar-refractivity contribution < 1.29 is 18.5 Å². The fourth-order valence-corrected chi connectivity index (χ4v) is 2.28. The summed E-state index contributed by atoms with van der Waals surface area (Å²) in [4.78, 5) is 25.3. The van der Waals surface area contributed by atoms with Crippen molar-refractivity contribution >= 4 is 22.9 Å². The largest absolute Gasteiger partial charge is 0.343 e. The van der Waals surface area contributed by atoms with Crippen LogP contribution >= 0.6 is 11.3 Å². The van der Waals surface area contributed by atoms with Gasteiger partial charge in [-0.25, -0.2) is 9.37 Å². The Bertz CT molecular complexity index is 691. The summed E-state index contributed by atoms with van der Waals surface area (Å²) >= 11 is 1.30. The van der Waals surface area contributed by atoms with Crippen molar-refractivity contribution in [1.29, 1.82) is 0 Å². The maximum absolute atomic E-state index is 13.7. The quantitative estimate of drug-likeness (QED) is 0.694. The second-order valence-corrected chi connectivity index (χ2v) is 5.03. The number of aromatic nitrogens is 1. The molecule has 6 nitrogen and oxygen atoms in total. The third-order valence-electron chi connectivity index (χ3n) is 2.65. The molecule has 1 N–H and O–H groups in total. The van der Waals surface area contributed by atoms with E-state index >= 15 is 0 Å². The lowest BCUT2D eigenvalue weighted by Crippen LogP contribution is -2.27. The first-order valence-corrected chi connectivity index (χ1v) is 6.61. The number of hydrogen-bond donors (Lipinski definition) is 1. The summed E-state index contributed by atoms with van der Waals surface area (Å²) in [5, 5.41) is 15.2. The highest BCUT2D eigenvalue weighted by atomic mass is 32.1. The molecule has 1 aromatic heterocycles. The second-order valence-electron chi connectivity index (χ2n) is 4.11. The van der Waals surface area contributed by atoms with E-state index in [0.717, 1.165) is 0 Å². The molecule has 0 aliphatic heterocycles. The molecular weight excluding hydrogens is 304 g/mol. The third-order valence-corrected chi connectivity index (χ3v) is 3.61. The highest BCUT2D eigenvalue weighted by molar-refractivity contribution is 7.09. The molecule has 21 heavy (non-hydrogen) atoms. The van der Waals surface area contributed by atoms with E-state index < -0.39 is 39.8 Å². The Morgan fingerprint density at radius 2 is 2.14 bits per heavy atom. The number of amides is 1. The summed E-state index contributed by atoms with van der Waals surface area (Å²) in [6.07, 6.45) is 1.55. The normalized spacial score (nSPS) is 12.0. The fraction of sp³-hybridized carbons (Fsp3) is 0.167. The third kappa shape index (κ3) is 3.19. The second kappa shape index (κ2) is 5.92. The molecule has 9 heteroatoms. The summed E-state index contributed by atoms with van der Waals surface area (Å²) in [6.45, 7) is 1.64. The summed E-state index contributed by atoms with van der Waals surface area (Å²) < 4.78 is 27.1. The van der Waals surface area contributed by atoms with Crippen LogP contribution in [0, 0.1) is 21.7 Å². The first-order chi connectivity index (χ1) is 9.90. The van der Waals surface area contributed by atoms with Gasteiger partial charge in [0.15, 0.2) is 0 Å². The molecule has 0 fully saturated rings. The van der Waals surface area contributed by atoms with Crippen LogP contribution in [0.4, 0.5) is 14.5 Å². The van der Waals surface area contributed by atoms with Crippen LogP contribution in [-0.4, -0.2) is 15.8 Å². The SMILES string of the molecule is CC(NC(=O)c1cc(F)c([N+](=O)[O-])cc1F)c1nccs1. The fourth-order valence-electron chi connectivity index (χ4n) is 1.63. The van der Waals surface area contributed by atoms with Gasteiger partial charge in [-0.1, -0.05) is 0 Å². The Hall–Kier alpha value is -2.42. The Kier molecular flexibility index (Phi) is 4.22. The van der Waals surface area contributed by atoms with Gasteiger partial charge in [-0.05, 0) is 13.0 Å². The van der Waals surface area contributed by atoms with Crippen LogP contribution in [0.3, 0.4) is 0 Å². The molecule has 2 aromatic rings. The number of carbonyl (C=O) groups excluding carboxylic acids is 1. The zero-order chi connectivity index (χ0) is 15.6. The minimum Gasteiger partial charge on any atom is -0.343 e. The molecule has 0 saturated heterocycles. The van der Waals surface area contributed by atoms with Crippen molar-refractivity contribution in [3.05, 3.63) is 56.0 Å². The van der Waals surface area contributed by atoms with Gasteiger partial charge >= 0.3 is 5.69 Å². The smallest absolute Gasteiger partial charge is 0.307 e.